The third-order valence-corrected chi connectivity index (χ3v) is 3.81. The van der Waals surface area contributed by atoms with Gasteiger partial charge < -0.3 is 15.2 Å². The normalized spacial score (nSPS) is 33.2. The maximum absolute atomic E-state index is 11.9. The van der Waals surface area contributed by atoms with E-state index in [1.54, 1.807) is 7.11 Å². The summed E-state index contributed by atoms with van der Waals surface area (Å²) in [7, 11) is 1.61. The summed E-state index contributed by atoms with van der Waals surface area (Å²) < 4.78 is 5.02. The minimum atomic E-state index is -0.0422. The van der Waals surface area contributed by atoms with Crippen LogP contribution in [-0.4, -0.2) is 37.4 Å². The van der Waals surface area contributed by atoms with E-state index in [2.05, 4.69) is 5.32 Å². The fourth-order valence-corrected chi connectivity index (χ4v) is 2.80. The smallest absolute Gasteiger partial charge is 0.223 e. The lowest BCUT2D eigenvalue weighted by molar-refractivity contribution is -0.126. The molecule has 3 atom stereocenters. The molecule has 0 aromatic carbocycles. The Kier molecular flexibility index (Phi) is 3.82. The molecule has 2 saturated carbocycles. The Morgan fingerprint density at radius 2 is 2.12 bits per heavy atom. The van der Waals surface area contributed by atoms with Crippen molar-refractivity contribution in [3.8, 4) is 0 Å². The number of methoxy groups -OCH3 is 1. The minimum Gasteiger partial charge on any atom is -0.396 e. The van der Waals surface area contributed by atoms with Crippen molar-refractivity contribution in [3.63, 3.8) is 0 Å². The standard InChI is InChI=1S/C12H21NO3/c1-16-7-11(2-3-14)13-12(15)10-5-8-4-9(8)6-10/h8-11,14H,2-7H2,1H3,(H,13,15). The van der Waals surface area contributed by atoms with E-state index in [9.17, 15) is 4.79 Å². The number of hydrogen-bond donors (Lipinski definition) is 2. The number of hydrogen-bond acceptors (Lipinski definition) is 3. The van der Waals surface area contributed by atoms with Gasteiger partial charge in [0.25, 0.3) is 0 Å². The lowest BCUT2D eigenvalue weighted by Gasteiger charge is -2.20. The van der Waals surface area contributed by atoms with Crippen LogP contribution >= 0.6 is 0 Å². The van der Waals surface area contributed by atoms with E-state index in [4.69, 9.17) is 9.84 Å². The second kappa shape index (κ2) is 5.15. The Balaban J connectivity index is 1.75. The first-order valence-electron chi connectivity index (χ1n) is 6.14. The van der Waals surface area contributed by atoms with Gasteiger partial charge in [-0.3, -0.25) is 4.79 Å². The van der Waals surface area contributed by atoms with Crippen molar-refractivity contribution in [2.24, 2.45) is 17.8 Å². The maximum atomic E-state index is 11.9. The van der Waals surface area contributed by atoms with Crippen molar-refractivity contribution in [3.05, 3.63) is 0 Å². The molecule has 16 heavy (non-hydrogen) atoms. The molecule has 0 aromatic rings. The number of carbonyl (C=O) groups is 1. The third kappa shape index (κ3) is 2.74. The molecular formula is C12H21NO3. The number of ether oxygens (including phenoxy) is 1. The quantitative estimate of drug-likeness (QED) is 0.696. The van der Waals surface area contributed by atoms with E-state index in [-0.39, 0.29) is 24.5 Å². The van der Waals surface area contributed by atoms with Gasteiger partial charge in [0, 0.05) is 19.6 Å². The fourth-order valence-electron chi connectivity index (χ4n) is 2.80. The Morgan fingerprint density at radius 3 is 2.69 bits per heavy atom. The van der Waals surface area contributed by atoms with Gasteiger partial charge in [0.2, 0.25) is 5.91 Å². The van der Waals surface area contributed by atoms with Crippen LogP contribution in [0.4, 0.5) is 0 Å². The summed E-state index contributed by atoms with van der Waals surface area (Å²) in [6.45, 7) is 0.566. The molecule has 2 aliphatic carbocycles. The summed E-state index contributed by atoms with van der Waals surface area (Å²) in [6, 6.07) is -0.0422. The fraction of sp³-hybridized carbons (Fsp3) is 0.917. The topological polar surface area (TPSA) is 58.6 Å². The van der Waals surface area contributed by atoms with Crippen molar-refractivity contribution in [1.29, 1.82) is 0 Å². The highest BCUT2D eigenvalue weighted by Gasteiger charge is 2.48. The molecule has 2 fully saturated rings. The first kappa shape index (κ1) is 11.9. The lowest BCUT2D eigenvalue weighted by atomic mass is 10.0. The summed E-state index contributed by atoms with van der Waals surface area (Å²) in [4.78, 5) is 11.9. The van der Waals surface area contributed by atoms with Crippen molar-refractivity contribution in [1.82, 2.24) is 5.32 Å². The summed E-state index contributed by atoms with van der Waals surface area (Å²) in [5.41, 5.74) is 0. The predicted octanol–water partition coefficient (Wildman–Crippen LogP) is 0.546. The number of aliphatic hydroxyl groups excluding tert-OH is 1. The molecule has 3 unspecified atom stereocenters. The number of carbonyl (C=O) groups excluding carboxylic acids is 1. The highest BCUT2D eigenvalue weighted by Crippen LogP contribution is 2.54. The number of rotatable bonds is 6. The van der Waals surface area contributed by atoms with E-state index in [0.29, 0.717) is 13.0 Å². The van der Waals surface area contributed by atoms with Crippen LogP contribution in [0.5, 0.6) is 0 Å². The number of nitrogens with one attached hydrogen (secondary N) is 1. The molecule has 0 aromatic heterocycles. The van der Waals surface area contributed by atoms with Gasteiger partial charge >= 0.3 is 0 Å². The molecule has 0 spiro atoms. The van der Waals surface area contributed by atoms with Gasteiger partial charge in [0.05, 0.1) is 12.6 Å². The van der Waals surface area contributed by atoms with Crippen LogP contribution in [0.15, 0.2) is 0 Å². The Morgan fingerprint density at radius 1 is 1.44 bits per heavy atom. The monoisotopic (exact) mass is 227 g/mol. The van der Waals surface area contributed by atoms with Crippen molar-refractivity contribution < 1.29 is 14.6 Å². The molecule has 0 heterocycles. The van der Waals surface area contributed by atoms with Gasteiger partial charge in [-0.05, 0) is 37.5 Å². The molecule has 92 valence electrons. The van der Waals surface area contributed by atoms with Gasteiger partial charge in [0.15, 0.2) is 0 Å². The Hall–Kier alpha value is -0.610. The summed E-state index contributed by atoms with van der Waals surface area (Å²) in [6.07, 6.45) is 4.03. The predicted molar refractivity (Wildman–Crippen MR) is 59.8 cm³/mol. The van der Waals surface area contributed by atoms with Crippen molar-refractivity contribution in [2.75, 3.05) is 20.3 Å². The average Bonchev–Trinajstić information content (AvgIpc) is 2.86. The largest absolute Gasteiger partial charge is 0.396 e. The summed E-state index contributed by atoms with van der Waals surface area (Å²) in [5, 5.41) is 11.9. The van der Waals surface area contributed by atoms with E-state index in [1.807, 2.05) is 0 Å². The molecule has 0 radical (unpaired) electrons. The molecule has 0 aliphatic heterocycles. The SMILES string of the molecule is COCC(CCO)NC(=O)C1CC2CC2C1. The van der Waals surface area contributed by atoms with Crippen LogP contribution in [-0.2, 0) is 9.53 Å². The second-order valence-electron chi connectivity index (χ2n) is 5.10. The first-order chi connectivity index (χ1) is 7.74. The van der Waals surface area contributed by atoms with Crippen LogP contribution in [0, 0.1) is 17.8 Å². The van der Waals surface area contributed by atoms with Gasteiger partial charge in [0.1, 0.15) is 0 Å². The van der Waals surface area contributed by atoms with Gasteiger partial charge in [-0.2, -0.15) is 0 Å². The van der Waals surface area contributed by atoms with Gasteiger partial charge in [-0.1, -0.05) is 0 Å². The highest BCUT2D eigenvalue weighted by molar-refractivity contribution is 5.79. The Labute approximate surface area is 96.4 Å². The maximum Gasteiger partial charge on any atom is 0.223 e. The minimum absolute atomic E-state index is 0.0422. The number of aliphatic hydroxyl groups is 1. The molecular weight excluding hydrogens is 206 g/mol. The lowest BCUT2D eigenvalue weighted by Crippen LogP contribution is -2.41. The first-order valence-corrected chi connectivity index (χ1v) is 6.14. The molecule has 2 aliphatic rings. The zero-order valence-corrected chi connectivity index (χ0v) is 9.82. The number of amides is 1. The van der Waals surface area contributed by atoms with Crippen LogP contribution < -0.4 is 5.32 Å². The van der Waals surface area contributed by atoms with Crippen molar-refractivity contribution in [2.45, 2.75) is 31.7 Å². The molecule has 4 heteroatoms. The molecule has 2 N–H and O–H groups in total. The molecule has 0 saturated heterocycles. The molecule has 2 rings (SSSR count). The average molecular weight is 227 g/mol. The van der Waals surface area contributed by atoms with Crippen LogP contribution in [0.1, 0.15) is 25.7 Å². The molecule has 0 bridgehead atoms. The van der Waals surface area contributed by atoms with E-state index >= 15 is 0 Å². The Bertz CT molecular complexity index is 241. The van der Waals surface area contributed by atoms with E-state index < -0.39 is 0 Å². The van der Waals surface area contributed by atoms with Crippen LogP contribution in [0.3, 0.4) is 0 Å². The summed E-state index contributed by atoms with van der Waals surface area (Å²) >= 11 is 0. The van der Waals surface area contributed by atoms with E-state index in [1.165, 1.54) is 6.42 Å². The summed E-state index contributed by atoms with van der Waals surface area (Å²) in [5.74, 6) is 2.02. The van der Waals surface area contributed by atoms with E-state index in [0.717, 1.165) is 24.7 Å². The second-order valence-corrected chi connectivity index (χ2v) is 5.10. The highest BCUT2D eigenvalue weighted by atomic mass is 16.5. The molecule has 4 nitrogen and oxygen atoms in total. The number of fused-ring (bicyclic) bond motifs is 1. The van der Waals surface area contributed by atoms with Crippen LogP contribution in [0.25, 0.3) is 0 Å². The zero-order chi connectivity index (χ0) is 11.5. The zero-order valence-electron chi connectivity index (χ0n) is 9.82. The van der Waals surface area contributed by atoms with Crippen molar-refractivity contribution >= 4 is 5.91 Å². The van der Waals surface area contributed by atoms with Gasteiger partial charge in [-0.15, -0.1) is 0 Å². The van der Waals surface area contributed by atoms with Gasteiger partial charge in [-0.25, -0.2) is 0 Å². The molecule has 1 amide bonds. The van der Waals surface area contributed by atoms with Crippen LogP contribution in [0.2, 0.25) is 0 Å². The third-order valence-electron chi connectivity index (χ3n) is 3.81.